The number of benzene rings is 2. The predicted octanol–water partition coefficient (Wildman–Crippen LogP) is 8.32. The van der Waals surface area contributed by atoms with Crippen LogP contribution in [0.2, 0.25) is 10.0 Å². The standard InChI is InChI=1S/C11H17NS.C8H6ClN.C8H9Cl/c1-9-3-5-12(7-9)8-11-10(2)4-6-13-11;1-6-2-3-7(5-10)8(9)4-6;1-2-7-5-3-4-6-8(7)9/h4,6,9H,3,5,7-8H2,1-2H3;2-4H,1H3;3-6H,2H2,1H3/t9-;;/m0../s1. The first kappa shape index (κ1) is 26.4. The molecule has 1 saturated heterocycles. The lowest BCUT2D eigenvalue weighted by molar-refractivity contribution is 0.322. The lowest BCUT2D eigenvalue weighted by atomic mass is 10.2. The van der Waals surface area contributed by atoms with Crippen molar-refractivity contribution in [2.24, 2.45) is 5.92 Å². The lowest BCUT2D eigenvalue weighted by Gasteiger charge is -2.14. The van der Waals surface area contributed by atoms with Gasteiger partial charge in [-0.3, -0.25) is 4.90 Å². The molecule has 2 nitrogen and oxygen atoms in total. The van der Waals surface area contributed by atoms with E-state index < -0.39 is 0 Å². The number of thiophene rings is 1. The molecule has 5 heteroatoms. The molecule has 0 bridgehead atoms. The molecule has 1 aromatic heterocycles. The van der Waals surface area contributed by atoms with E-state index in [9.17, 15) is 0 Å². The van der Waals surface area contributed by atoms with E-state index in [-0.39, 0.29) is 0 Å². The minimum Gasteiger partial charge on any atom is -0.298 e. The molecule has 1 atom stereocenters. The van der Waals surface area contributed by atoms with Gasteiger partial charge in [-0.05, 0) is 85.5 Å². The Bertz CT molecular complexity index is 1020. The van der Waals surface area contributed by atoms with Gasteiger partial charge in [0.25, 0.3) is 0 Å². The summed E-state index contributed by atoms with van der Waals surface area (Å²) in [4.78, 5) is 4.12. The van der Waals surface area contributed by atoms with Crippen molar-refractivity contribution in [2.75, 3.05) is 13.1 Å². The summed E-state index contributed by atoms with van der Waals surface area (Å²) in [5.74, 6) is 0.903. The van der Waals surface area contributed by atoms with Crippen molar-refractivity contribution in [1.29, 1.82) is 5.26 Å². The molecule has 0 N–H and O–H groups in total. The molecule has 170 valence electrons. The van der Waals surface area contributed by atoms with Crippen molar-refractivity contribution in [3.8, 4) is 6.07 Å². The maximum absolute atomic E-state index is 8.47. The molecule has 0 amide bonds. The predicted molar refractivity (Wildman–Crippen MR) is 140 cm³/mol. The van der Waals surface area contributed by atoms with Crippen LogP contribution >= 0.6 is 34.5 Å². The first-order valence-corrected chi connectivity index (χ1v) is 12.6. The fourth-order valence-corrected chi connectivity index (χ4v) is 4.93. The fraction of sp³-hybridized carbons (Fsp3) is 0.370. The van der Waals surface area contributed by atoms with E-state index in [1.807, 2.05) is 54.7 Å². The number of nitrogens with zero attached hydrogens (tertiary/aromatic N) is 2. The van der Waals surface area contributed by atoms with Crippen LogP contribution in [0.3, 0.4) is 0 Å². The van der Waals surface area contributed by atoms with Crippen LogP contribution in [0, 0.1) is 31.1 Å². The van der Waals surface area contributed by atoms with E-state index in [1.54, 1.807) is 17.0 Å². The highest BCUT2D eigenvalue weighted by atomic mass is 35.5. The second-order valence-corrected chi connectivity index (χ2v) is 10.0. The molecular weight excluding hydrogens is 455 g/mol. The molecule has 1 fully saturated rings. The fourth-order valence-electron chi connectivity index (χ4n) is 3.44. The van der Waals surface area contributed by atoms with Gasteiger partial charge in [0.2, 0.25) is 0 Å². The summed E-state index contributed by atoms with van der Waals surface area (Å²) < 4.78 is 0. The highest BCUT2D eigenvalue weighted by molar-refractivity contribution is 7.10. The van der Waals surface area contributed by atoms with Crippen molar-refractivity contribution in [1.82, 2.24) is 4.90 Å². The number of likely N-dealkylation sites (tertiary alicyclic amines) is 1. The minimum absolute atomic E-state index is 0.530. The van der Waals surface area contributed by atoms with Gasteiger partial charge in [0.1, 0.15) is 6.07 Å². The summed E-state index contributed by atoms with van der Waals surface area (Å²) in [5.41, 5.74) is 4.29. The highest BCUT2D eigenvalue weighted by Crippen LogP contribution is 2.22. The minimum atomic E-state index is 0.530. The van der Waals surface area contributed by atoms with Crippen LogP contribution in [0.5, 0.6) is 0 Å². The van der Waals surface area contributed by atoms with E-state index >= 15 is 0 Å². The van der Waals surface area contributed by atoms with Crippen molar-refractivity contribution in [3.63, 3.8) is 0 Å². The molecule has 2 aromatic carbocycles. The van der Waals surface area contributed by atoms with Gasteiger partial charge in [-0.25, -0.2) is 0 Å². The second kappa shape index (κ2) is 13.7. The van der Waals surface area contributed by atoms with Crippen molar-refractivity contribution < 1.29 is 0 Å². The van der Waals surface area contributed by atoms with E-state index in [0.29, 0.717) is 10.6 Å². The number of aryl methyl sites for hydroxylation is 3. The van der Waals surface area contributed by atoms with Crippen molar-refractivity contribution >= 4 is 34.5 Å². The van der Waals surface area contributed by atoms with Gasteiger partial charge in [0.05, 0.1) is 10.6 Å². The first-order valence-electron chi connectivity index (χ1n) is 11.0. The Morgan fingerprint density at radius 2 is 1.84 bits per heavy atom. The van der Waals surface area contributed by atoms with Gasteiger partial charge in [-0.2, -0.15) is 5.26 Å². The topological polar surface area (TPSA) is 27.0 Å². The lowest BCUT2D eigenvalue weighted by Crippen LogP contribution is -2.19. The number of hydrogen-bond donors (Lipinski definition) is 0. The summed E-state index contributed by atoms with van der Waals surface area (Å²) >= 11 is 13.4. The van der Waals surface area contributed by atoms with Crippen LogP contribution in [-0.4, -0.2) is 18.0 Å². The van der Waals surface area contributed by atoms with Gasteiger partial charge in [-0.15, -0.1) is 11.3 Å². The molecule has 0 aliphatic carbocycles. The van der Waals surface area contributed by atoms with Gasteiger partial charge < -0.3 is 0 Å². The van der Waals surface area contributed by atoms with Gasteiger partial charge in [0, 0.05) is 23.0 Å². The summed E-state index contributed by atoms with van der Waals surface area (Å²) in [6, 6.07) is 17.5. The summed E-state index contributed by atoms with van der Waals surface area (Å²) in [5, 5.41) is 12.1. The molecule has 0 unspecified atom stereocenters. The molecular formula is C27H32Cl2N2S. The molecule has 4 rings (SSSR count). The number of rotatable bonds is 3. The van der Waals surface area contributed by atoms with Gasteiger partial charge in [-0.1, -0.05) is 61.3 Å². The third-order valence-electron chi connectivity index (χ3n) is 5.43. The van der Waals surface area contributed by atoms with E-state index in [0.717, 1.165) is 22.9 Å². The average molecular weight is 488 g/mol. The molecule has 32 heavy (non-hydrogen) atoms. The maximum atomic E-state index is 8.47. The number of hydrogen-bond acceptors (Lipinski definition) is 3. The number of nitriles is 1. The van der Waals surface area contributed by atoms with Crippen molar-refractivity contribution in [3.05, 3.63) is 91.1 Å². The van der Waals surface area contributed by atoms with Crippen LogP contribution < -0.4 is 0 Å². The maximum Gasteiger partial charge on any atom is 0.101 e. The van der Waals surface area contributed by atoms with Crippen molar-refractivity contribution in [2.45, 2.75) is 47.1 Å². The summed E-state index contributed by atoms with van der Waals surface area (Å²) in [6.07, 6.45) is 2.39. The Morgan fingerprint density at radius 3 is 2.34 bits per heavy atom. The van der Waals surface area contributed by atoms with Crippen LogP contribution in [0.25, 0.3) is 0 Å². The zero-order chi connectivity index (χ0) is 23.5. The molecule has 1 aliphatic rings. The zero-order valence-electron chi connectivity index (χ0n) is 19.4. The molecule has 1 aliphatic heterocycles. The zero-order valence-corrected chi connectivity index (χ0v) is 21.7. The summed E-state index contributed by atoms with van der Waals surface area (Å²) in [7, 11) is 0. The van der Waals surface area contributed by atoms with Crippen LogP contribution in [0.1, 0.15) is 47.4 Å². The van der Waals surface area contributed by atoms with E-state index in [1.165, 1.54) is 37.2 Å². The molecule has 3 aromatic rings. The Labute approximate surface area is 207 Å². The quantitative estimate of drug-likeness (QED) is 0.371. The Morgan fingerprint density at radius 1 is 1.09 bits per heavy atom. The van der Waals surface area contributed by atoms with Crippen LogP contribution in [0.15, 0.2) is 53.9 Å². The second-order valence-electron chi connectivity index (χ2n) is 8.20. The van der Waals surface area contributed by atoms with Gasteiger partial charge in [0.15, 0.2) is 0 Å². The van der Waals surface area contributed by atoms with E-state index in [4.69, 9.17) is 28.5 Å². The van der Waals surface area contributed by atoms with Gasteiger partial charge >= 0.3 is 0 Å². The molecule has 0 saturated carbocycles. The molecule has 0 spiro atoms. The van der Waals surface area contributed by atoms with Crippen LogP contribution in [0.4, 0.5) is 0 Å². The van der Waals surface area contributed by atoms with Crippen LogP contribution in [-0.2, 0) is 13.0 Å². The smallest absolute Gasteiger partial charge is 0.101 e. The van der Waals surface area contributed by atoms with E-state index in [2.05, 4.69) is 37.1 Å². The summed E-state index contributed by atoms with van der Waals surface area (Å²) in [6.45, 7) is 12.4. The Balaban J connectivity index is 0.000000174. The SMILES string of the molecule is CCc1ccccc1Cl.Cc1ccc(C#N)c(Cl)c1.Cc1ccsc1CN1CC[C@H](C)C1. The molecule has 0 radical (unpaired) electrons. The number of halogens is 2. The molecule has 2 heterocycles. The Hall–Kier alpha value is -1.83. The largest absolute Gasteiger partial charge is 0.298 e. The third-order valence-corrected chi connectivity index (χ3v) is 7.12. The third kappa shape index (κ3) is 8.60. The monoisotopic (exact) mass is 486 g/mol. The first-order chi connectivity index (χ1) is 15.3. The highest BCUT2D eigenvalue weighted by Gasteiger charge is 2.19. The average Bonchev–Trinajstić information content (AvgIpc) is 3.37. The normalized spacial score (nSPS) is 15.2. The Kier molecular flexibility index (Phi) is 11.3.